The van der Waals surface area contributed by atoms with Gasteiger partial charge in [0.05, 0.1) is 11.4 Å². The molecule has 4 aliphatic rings. The van der Waals surface area contributed by atoms with Gasteiger partial charge in [-0.3, -0.25) is 0 Å². The van der Waals surface area contributed by atoms with Crippen molar-refractivity contribution in [2.24, 2.45) is 46.8 Å². The summed E-state index contributed by atoms with van der Waals surface area (Å²) in [5, 5.41) is 11.9. The zero-order valence-electron chi connectivity index (χ0n) is 20.7. The second-order valence-electron chi connectivity index (χ2n) is 12.2. The molecule has 4 fully saturated rings. The van der Waals surface area contributed by atoms with Crippen molar-refractivity contribution >= 4 is 5.69 Å². The zero-order chi connectivity index (χ0) is 24.3. The second kappa shape index (κ2) is 8.71. The van der Waals surface area contributed by atoms with Crippen molar-refractivity contribution in [3.05, 3.63) is 23.5 Å². The number of hydrogen-bond acceptors (Lipinski definition) is 3. The van der Waals surface area contributed by atoms with Crippen molar-refractivity contribution in [1.82, 2.24) is 4.98 Å². The summed E-state index contributed by atoms with van der Waals surface area (Å²) >= 11 is 0. The van der Waals surface area contributed by atoms with Crippen LogP contribution in [0.5, 0.6) is 0 Å². The van der Waals surface area contributed by atoms with Crippen molar-refractivity contribution in [2.75, 3.05) is 5.32 Å². The van der Waals surface area contributed by atoms with Crippen molar-refractivity contribution < 1.29 is 13.2 Å². The average molecular weight is 474 g/mol. The number of halogens is 3. The highest BCUT2D eigenvalue weighted by atomic mass is 19.4. The van der Waals surface area contributed by atoms with E-state index in [1.807, 2.05) is 6.07 Å². The van der Waals surface area contributed by atoms with Gasteiger partial charge in [0.2, 0.25) is 0 Å². The fourth-order valence-corrected chi connectivity index (χ4v) is 9.03. The van der Waals surface area contributed by atoms with Gasteiger partial charge >= 0.3 is 6.18 Å². The van der Waals surface area contributed by atoms with Gasteiger partial charge in [-0.05, 0) is 117 Å². The van der Waals surface area contributed by atoms with E-state index in [0.717, 1.165) is 42.9 Å². The van der Waals surface area contributed by atoms with Crippen LogP contribution in [0.1, 0.15) is 83.0 Å². The molecule has 4 saturated carbocycles. The molecule has 0 aromatic carbocycles. The number of fused-ring (bicyclic) bond motifs is 5. The largest absolute Gasteiger partial charge is 0.408 e. The number of alkyl halides is 3. The maximum Gasteiger partial charge on any atom is 0.408 e. The van der Waals surface area contributed by atoms with Crippen molar-refractivity contribution in [3.8, 4) is 6.07 Å². The molecule has 4 aliphatic carbocycles. The Morgan fingerprint density at radius 2 is 1.82 bits per heavy atom. The van der Waals surface area contributed by atoms with Crippen LogP contribution in [0.25, 0.3) is 0 Å². The van der Waals surface area contributed by atoms with Crippen molar-refractivity contribution in [1.29, 1.82) is 5.26 Å². The third-order valence-corrected chi connectivity index (χ3v) is 10.6. The number of pyridine rings is 1. The number of nitrogens with zero attached hydrogens (tertiary/aromatic N) is 2. The molecule has 1 heterocycles. The fraction of sp³-hybridized carbons (Fsp3) is 0.786. The minimum Gasteiger partial charge on any atom is -0.372 e. The number of aromatic nitrogens is 1. The minimum absolute atomic E-state index is 0.227. The SMILES string of the molecule is Cc1nc(C#N)ccc1NC(C1CCC2[C@@H]3CC[C@@H]4C[C@@H](C)CC[C@@H]4C3CC[C@]12C)C(F)(F)F. The topological polar surface area (TPSA) is 48.7 Å². The van der Waals surface area contributed by atoms with Crippen LogP contribution >= 0.6 is 0 Å². The molecular weight excluding hydrogens is 435 g/mol. The van der Waals surface area contributed by atoms with Gasteiger partial charge in [0.15, 0.2) is 0 Å². The first-order valence-corrected chi connectivity index (χ1v) is 13.3. The molecule has 1 N–H and O–H groups in total. The monoisotopic (exact) mass is 473 g/mol. The van der Waals surface area contributed by atoms with E-state index in [-0.39, 0.29) is 11.1 Å². The first kappa shape index (κ1) is 23.9. The molecule has 3 nitrogen and oxygen atoms in total. The number of nitriles is 1. The lowest BCUT2D eigenvalue weighted by Crippen LogP contribution is -2.53. The van der Waals surface area contributed by atoms with E-state index in [1.54, 1.807) is 13.0 Å². The first-order chi connectivity index (χ1) is 16.1. The highest BCUT2D eigenvalue weighted by molar-refractivity contribution is 5.50. The Hall–Kier alpha value is -1.77. The molecule has 0 aliphatic heterocycles. The van der Waals surface area contributed by atoms with Crippen molar-refractivity contribution in [2.45, 2.75) is 90.8 Å². The van der Waals surface area contributed by atoms with Crippen LogP contribution in [0.3, 0.4) is 0 Å². The summed E-state index contributed by atoms with van der Waals surface area (Å²) in [6.45, 7) is 6.23. The predicted molar refractivity (Wildman–Crippen MR) is 127 cm³/mol. The Bertz CT molecular complexity index is 953. The lowest BCUT2D eigenvalue weighted by Gasteiger charge is -2.57. The highest BCUT2D eigenvalue weighted by Gasteiger charge is 2.61. The Morgan fingerprint density at radius 1 is 1.06 bits per heavy atom. The molecule has 9 atom stereocenters. The van der Waals surface area contributed by atoms with Crippen LogP contribution in [0.4, 0.5) is 18.9 Å². The van der Waals surface area contributed by atoms with Gasteiger partial charge in [-0.15, -0.1) is 0 Å². The lowest BCUT2D eigenvalue weighted by atomic mass is 9.49. The van der Waals surface area contributed by atoms with Crippen LogP contribution in [0.15, 0.2) is 12.1 Å². The van der Waals surface area contributed by atoms with E-state index in [4.69, 9.17) is 5.26 Å². The van der Waals surface area contributed by atoms with Crippen molar-refractivity contribution in [3.63, 3.8) is 0 Å². The molecule has 4 unspecified atom stereocenters. The molecule has 0 amide bonds. The smallest absolute Gasteiger partial charge is 0.372 e. The van der Waals surface area contributed by atoms with Crippen LogP contribution in [-0.4, -0.2) is 17.2 Å². The molecular formula is C28H38F3N3. The number of hydrogen-bond donors (Lipinski definition) is 1. The van der Waals surface area contributed by atoms with Crippen LogP contribution in [-0.2, 0) is 0 Å². The predicted octanol–water partition coefficient (Wildman–Crippen LogP) is 7.51. The Labute approximate surface area is 201 Å². The second-order valence-corrected chi connectivity index (χ2v) is 12.2. The summed E-state index contributed by atoms with van der Waals surface area (Å²) in [6, 6.07) is 3.46. The molecule has 0 saturated heterocycles. The molecule has 0 radical (unpaired) electrons. The number of anilines is 1. The maximum absolute atomic E-state index is 14.5. The standard InChI is InChI=1S/C28H38F3N3/c1-16-4-7-20-18(14-16)5-8-22-21(20)12-13-27(3)23(22)9-10-24(27)26(28(29,30)31)34-25-11-6-19(15-32)33-17(25)2/h6,11,16,18,20-24,26,34H,4-5,7-10,12-14H2,1-3H3/t16-,18+,20-,21?,22+,23?,24?,26?,27-/m0/s1. The van der Waals surface area contributed by atoms with E-state index in [0.29, 0.717) is 29.6 Å². The quantitative estimate of drug-likeness (QED) is 0.494. The molecule has 1 aromatic rings. The number of rotatable bonds is 3. The van der Waals surface area contributed by atoms with Crippen LogP contribution < -0.4 is 5.32 Å². The summed E-state index contributed by atoms with van der Waals surface area (Å²) in [6.07, 6.45) is 5.76. The van der Waals surface area contributed by atoms with E-state index >= 15 is 0 Å². The third-order valence-electron chi connectivity index (χ3n) is 10.6. The molecule has 34 heavy (non-hydrogen) atoms. The summed E-state index contributed by atoms with van der Waals surface area (Å²) < 4.78 is 43.6. The summed E-state index contributed by atoms with van der Waals surface area (Å²) in [4.78, 5) is 4.16. The Morgan fingerprint density at radius 3 is 2.53 bits per heavy atom. The molecule has 0 bridgehead atoms. The first-order valence-electron chi connectivity index (χ1n) is 13.3. The lowest BCUT2D eigenvalue weighted by molar-refractivity contribution is -0.168. The van der Waals surface area contributed by atoms with E-state index in [2.05, 4.69) is 24.1 Å². The molecule has 5 rings (SSSR count). The van der Waals surface area contributed by atoms with Gasteiger partial charge in [-0.2, -0.15) is 18.4 Å². The summed E-state index contributed by atoms with van der Waals surface area (Å²) in [7, 11) is 0. The van der Waals surface area contributed by atoms with Crippen LogP contribution in [0.2, 0.25) is 0 Å². The molecule has 6 heteroatoms. The summed E-state index contributed by atoms with van der Waals surface area (Å²) in [5.41, 5.74) is 0.780. The van der Waals surface area contributed by atoms with Crippen LogP contribution in [0, 0.1) is 65.1 Å². The Balaban J connectivity index is 1.39. The normalized spacial score (nSPS) is 40.4. The number of aryl methyl sites for hydroxylation is 1. The maximum atomic E-state index is 14.5. The zero-order valence-corrected chi connectivity index (χ0v) is 20.7. The van der Waals surface area contributed by atoms with Gasteiger partial charge in [0.1, 0.15) is 17.8 Å². The van der Waals surface area contributed by atoms with E-state index in [9.17, 15) is 13.2 Å². The van der Waals surface area contributed by atoms with E-state index < -0.39 is 18.1 Å². The number of nitrogens with one attached hydrogen (secondary N) is 1. The minimum atomic E-state index is -4.34. The van der Waals surface area contributed by atoms with Gasteiger partial charge < -0.3 is 5.32 Å². The van der Waals surface area contributed by atoms with Gasteiger partial charge in [0, 0.05) is 0 Å². The summed E-state index contributed by atoms with van der Waals surface area (Å²) in [5.74, 6) is 3.80. The third kappa shape index (κ3) is 4.01. The van der Waals surface area contributed by atoms with Gasteiger partial charge in [-0.1, -0.05) is 20.3 Å². The van der Waals surface area contributed by atoms with Gasteiger partial charge in [0.25, 0.3) is 0 Å². The fourth-order valence-electron chi connectivity index (χ4n) is 9.03. The Kier molecular flexibility index (Phi) is 6.14. The van der Waals surface area contributed by atoms with E-state index in [1.165, 1.54) is 38.2 Å². The molecule has 0 spiro atoms. The molecule has 1 aromatic heterocycles. The molecule has 186 valence electrons. The van der Waals surface area contributed by atoms with Gasteiger partial charge in [-0.25, -0.2) is 4.98 Å². The average Bonchev–Trinajstić information content (AvgIpc) is 3.13. The highest BCUT2D eigenvalue weighted by Crippen LogP contribution is 2.65.